The van der Waals surface area contributed by atoms with Crippen LogP contribution in [0.5, 0.6) is 0 Å². The Bertz CT molecular complexity index is 1180. The van der Waals surface area contributed by atoms with E-state index in [4.69, 9.17) is 16.6 Å². The molecule has 8 nitrogen and oxygen atoms in total. The molecule has 4 rings (SSSR count). The summed E-state index contributed by atoms with van der Waals surface area (Å²) in [7, 11) is 2.05. The Morgan fingerprint density at radius 3 is 2.68 bits per heavy atom. The first-order chi connectivity index (χ1) is 16.1. The lowest BCUT2D eigenvalue weighted by Gasteiger charge is -2.33. The SMILES string of the molecule is C[C@H](Nc1cc(N2CCN(C)CC2)nc(-c2c[nH]c3ncc(Cl)cc23)n1)C(=O)CCC(F)(F)F. The largest absolute Gasteiger partial charge is 0.389 e. The van der Waals surface area contributed by atoms with Crippen LogP contribution in [0.25, 0.3) is 22.4 Å². The molecule has 1 fully saturated rings. The number of hydrogen-bond donors (Lipinski definition) is 2. The van der Waals surface area contributed by atoms with Crippen LogP contribution in [0.3, 0.4) is 0 Å². The maximum atomic E-state index is 12.5. The van der Waals surface area contributed by atoms with Gasteiger partial charge in [0.25, 0.3) is 0 Å². The first kappa shape index (κ1) is 24.2. The molecular weight excluding hydrogens is 471 g/mol. The molecule has 4 heterocycles. The first-order valence-electron chi connectivity index (χ1n) is 10.9. The molecule has 34 heavy (non-hydrogen) atoms. The quantitative estimate of drug-likeness (QED) is 0.509. The normalized spacial score (nSPS) is 16.1. The number of piperazine rings is 1. The van der Waals surface area contributed by atoms with Gasteiger partial charge in [-0.2, -0.15) is 13.2 Å². The first-order valence-corrected chi connectivity index (χ1v) is 11.3. The third-order valence-corrected chi connectivity index (χ3v) is 5.99. The number of alkyl halides is 3. The average molecular weight is 496 g/mol. The maximum Gasteiger partial charge on any atom is 0.389 e. The molecule has 1 atom stereocenters. The highest BCUT2D eigenvalue weighted by Crippen LogP contribution is 2.30. The van der Waals surface area contributed by atoms with Gasteiger partial charge in [0, 0.05) is 62.0 Å². The van der Waals surface area contributed by atoms with Crippen molar-refractivity contribution in [3.8, 4) is 11.4 Å². The Kier molecular flexibility index (Phi) is 6.94. The zero-order chi connectivity index (χ0) is 24.5. The zero-order valence-electron chi connectivity index (χ0n) is 18.8. The number of H-pyrrole nitrogens is 1. The number of aromatic nitrogens is 4. The number of carbonyl (C=O) groups excluding carboxylic acids is 1. The van der Waals surface area contributed by atoms with Gasteiger partial charge in [-0.1, -0.05) is 11.6 Å². The summed E-state index contributed by atoms with van der Waals surface area (Å²) in [6.45, 7) is 4.77. The number of fused-ring (bicyclic) bond motifs is 1. The van der Waals surface area contributed by atoms with Gasteiger partial charge < -0.3 is 20.1 Å². The van der Waals surface area contributed by atoms with Crippen molar-refractivity contribution in [1.82, 2.24) is 24.8 Å². The van der Waals surface area contributed by atoms with Gasteiger partial charge in [0.15, 0.2) is 11.6 Å². The number of halogens is 4. The van der Waals surface area contributed by atoms with Crippen molar-refractivity contribution < 1.29 is 18.0 Å². The molecule has 0 aliphatic carbocycles. The average Bonchev–Trinajstić information content (AvgIpc) is 3.20. The minimum absolute atomic E-state index is 0.358. The molecule has 0 saturated carbocycles. The molecule has 1 aliphatic heterocycles. The summed E-state index contributed by atoms with van der Waals surface area (Å²) in [5, 5.41) is 4.17. The molecular formula is C22H25ClF3N7O. The number of ketones is 1. The van der Waals surface area contributed by atoms with Crippen molar-refractivity contribution in [3.05, 3.63) is 29.5 Å². The van der Waals surface area contributed by atoms with Gasteiger partial charge >= 0.3 is 6.18 Å². The Morgan fingerprint density at radius 1 is 1.24 bits per heavy atom. The van der Waals surface area contributed by atoms with Crippen molar-refractivity contribution in [2.75, 3.05) is 43.4 Å². The second-order valence-corrected chi connectivity index (χ2v) is 8.86. The van der Waals surface area contributed by atoms with Gasteiger partial charge in [0.2, 0.25) is 0 Å². The second-order valence-electron chi connectivity index (χ2n) is 8.42. The molecule has 182 valence electrons. The fourth-order valence-corrected chi connectivity index (χ4v) is 3.93. The van der Waals surface area contributed by atoms with E-state index >= 15 is 0 Å². The van der Waals surface area contributed by atoms with Crippen molar-refractivity contribution in [2.45, 2.75) is 32.0 Å². The van der Waals surface area contributed by atoms with E-state index in [1.807, 2.05) is 7.05 Å². The van der Waals surface area contributed by atoms with Gasteiger partial charge in [-0.25, -0.2) is 15.0 Å². The van der Waals surface area contributed by atoms with Crippen molar-refractivity contribution >= 4 is 40.1 Å². The third kappa shape index (κ3) is 5.76. The number of hydrogen-bond acceptors (Lipinski definition) is 7. The predicted octanol–water partition coefficient (Wildman–Crippen LogP) is 4.14. The van der Waals surface area contributed by atoms with E-state index in [9.17, 15) is 18.0 Å². The van der Waals surface area contributed by atoms with Crippen molar-refractivity contribution in [1.29, 1.82) is 0 Å². The van der Waals surface area contributed by atoms with Crippen LogP contribution in [0.2, 0.25) is 5.02 Å². The molecule has 3 aromatic rings. The summed E-state index contributed by atoms with van der Waals surface area (Å²) in [4.78, 5) is 33.3. The van der Waals surface area contributed by atoms with E-state index < -0.39 is 30.8 Å². The fourth-order valence-electron chi connectivity index (χ4n) is 3.77. The number of nitrogens with one attached hydrogen (secondary N) is 2. The molecule has 0 spiro atoms. The smallest absolute Gasteiger partial charge is 0.360 e. The van der Waals surface area contributed by atoms with Gasteiger partial charge in [0.1, 0.15) is 17.3 Å². The van der Waals surface area contributed by atoms with Gasteiger partial charge in [-0.3, -0.25) is 4.79 Å². The second kappa shape index (κ2) is 9.75. The number of pyridine rings is 1. The number of nitrogens with zero attached hydrogens (tertiary/aromatic N) is 5. The highest BCUT2D eigenvalue weighted by atomic mass is 35.5. The van der Waals surface area contributed by atoms with E-state index in [2.05, 4.69) is 30.1 Å². The summed E-state index contributed by atoms with van der Waals surface area (Å²) in [5.41, 5.74) is 1.30. The lowest BCUT2D eigenvalue weighted by Crippen LogP contribution is -2.44. The minimum Gasteiger partial charge on any atom is -0.360 e. The standard InChI is InChI=1S/C22H25ClF3N7O/c1-13(17(34)3-4-22(24,25)26)29-18-10-19(33-7-5-32(2)6-8-33)31-21(30-18)16-12-28-20-15(16)9-14(23)11-27-20/h9-13H,3-8H2,1-2H3,(H,27,28)(H,29,30,31)/t13-/m0/s1. The summed E-state index contributed by atoms with van der Waals surface area (Å²) in [6.07, 6.45) is -2.85. The lowest BCUT2D eigenvalue weighted by atomic mass is 10.1. The van der Waals surface area contributed by atoms with E-state index in [1.54, 1.807) is 18.3 Å². The van der Waals surface area contributed by atoms with Crippen LogP contribution in [0.15, 0.2) is 24.5 Å². The Hall–Kier alpha value is -2.92. The molecule has 12 heteroatoms. The molecule has 2 N–H and O–H groups in total. The predicted molar refractivity (Wildman–Crippen MR) is 125 cm³/mol. The van der Waals surface area contributed by atoms with E-state index in [0.29, 0.717) is 33.7 Å². The summed E-state index contributed by atoms with van der Waals surface area (Å²) in [6, 6.07) is 2.64. The highest BCUT2D eigenvalue weighted by molar-refractivity contribution is 6.31. The maximum absolute atomic E-state index is 12.5. The minimum atomic E-state index is -4.38. The molecule has 0 unspecified atom stereocenters. The number of Topliss-reactive ketones (excluding diaryl/α,β-unsaturated/α-hetero) is 1. The number of aromatic amines is 1. The summed E-state index contributed by atoms with van der Waals surface area (Å²) >= 11 is 6.14. The monoisotopic (exact) mass is 495 g/mol. The molecule has 0 radical (unpaired) electrons. The molecule has 0 amide bonds. The Labute approximate surface area is 199 Å². The van der Waals surface area contributed by atoms with Crippen molar-refractivity contribution in [2.24, 2.45) is 0 Å². The number of anilines is 2. The van der Waals surface area contributed by atoms with Crippen LogP contribution >= 0.6 is 11.6 Å². The molecule has 1 aliphatic rings. The molecule has 0 aromatic carbocycles. The van der Waals surface area contributed by atoms with E-state index in [-0.39, 0.29) is 0 Å². The topological polar surface area (TPSA) is 90.0 Å². The van der Waals surface area contributed by atoms with Gasteiger partial charge in [-0.15, -0.1) is 0 Å². The summed E-state index contributed by atoms with van der Waals surface area (Å²) < 4.78 is 37.6. The zero-order valence-corrected chi connectivity index (χ0v) is 19.5. The van der Waals surface area contributed by atoms with Crippen molar-refractivity contribution in [3.63, 3.8) is 0 Å². The van der Waals surface area contributed by atoms with Crippen LogP contribution in [-0.4, -0.2) is 76.1 Å². The Balaban J connectivity index is 1.66. The fraction of sp³-hybridized carbons (Fsp3) is 0.455. The lowest BCUT2D eigenvalue weighted by molar-refractivity contribution is -0.143. The highest BCUT2D eigenvalue weighted by Gasteiger charge is 2.29. The van der Waals surface area contributed by atoms with E-state index in [0.717, 1.165) is 31.6 Å². The summed E-state index contributed by atoms with van der Waals surface area (Å²) in [5.74, 6) is 0.877. The number of rotatable bonds is 7. The molecule has 1 saturated heterocycles. The molecule has 3 aromatic heterocycles. The van der Waals surface area contributed by atoms with E-state index in [1.165, 1.54) is 13.1 Å². The molecule has 0 bridgehead atoms. The number of likely N-dealkylation sites (N-methyl/N-ethyl adjacent to an activating group) is 1. The number of carbonyl (C=O) groups is 1. The van der Waals surface area contributed by atoms with Crippen LogP contribution in [0.4, 0.5) is 24.8 Å². The van der Waals surface area contributed by atoms with Crippen LogP contribution in [0.1, 0.15) is 19.8 Å². The Morgan fingerprint density at radius 2 is 1.97 bits per heavy atom. The van der Waals surface area contributed by atoms with Crippen LogP contribution < -0.4 is 10.2 Å². The van der Waals surface area contributed by atoms with Gasteiger partial charge in [0.05, 0.1) is 17.5 Å². The van der Waals surface area contributed by atoms with Gasteiger partial charge in [-0.05, 0) is 20.0 Å². The van der Waals surface area contributed by atoms with Crippen LogP contribution in [-0.2, 0) is 4.79 Å². The third-order valence-electron chi connectivity index (χ3n) is 5.78. The van der Waals surface area contributed by atoms with Crippen LogP contribution in [0, 0.1) is 0 Å².